The Kier molecular flexibility index (Phi) is 6.20. The Hall–Kier alpha value is -1.40. The molecule has 2 amide bonds. The molecule has 114 valence electrons. The van der Waals surface area contributed by atoms with Crippen molar-refractivity contribution in [2.75, 3.05) is 19.6 Å². The molecule has 1 aromatic carbocycles. The molecule has 1 heterocycles. The van der Waals surface area contributed by atoms with Gasteiger partial charge >= 0.3 is 0 Å². The summed E-state index contributed by atoms with van der Waals surface area (Å²) < 4.78 is 0.930. The van der Waals surface area contributed by atoms with Gasteiger partial charge in [0.15, 0.2) is 0 Å². The maximum absolute atomic E-state index is 11.9. The van der Waals surface area contributed by atoms with E-state index < -0.39 is 0 Å². The number of amides is 2. The summed E-state index contributed by atoms with van der Waals surface area (Å²) in [6, 6.07) is 7.34. The zero-order valence-electron chi connectivity index (χ0n) is 11.8. The summed E-state index contributed by atoms with van der Waals surface area (Å²) >= 11 is 3.32. The lowest BCUT2D eigenvalue weighted by Gasteiger charge is -2.23. The van der Waals surface area contributed by atoms with Gasteiger partial charge < -0.3 is 16.0 Å². The molecule has 0 radical (unpaired) electrons. The Morgan fingerprint density at radius 2 is 2.05 bits per heavy atom. The molecule has 0 spiro atoms. The molecular weight excluding hydrogens is 334 g/mol. The zero-order valence-corrected chi connectivity index (χ0v) is 13.4. The van der Waals surface area contributed by atoms with Gasteiger partial charge in [0.25, 0.3) is 5.91 Å². The largest absolute Gasteiger partial charge is 0.352 e. The highest BCUT2D eigenvalue weighted by Crippen LogP contribution is 2.10. The molecule has 0 aliphatic carbocycles. The second-order valence-corrected chi connectivity index (χ2v) is 6.04. The molecule has 0 bridgehead atoms. The van der Waals surface area contributed by atoms with E-state index in [1.54, 1.807) is 12.1 Å². The summed E-state index contributed by atoms with van der Waals surface area (Å²) in [5, 5.41) is 8.99. The van der Waals surface area contributed by atoms with Crippen molar-refractivity contribution in [3.05, 3.63) is 34.3 Å². The SMILES string of the molecule is O=C(CCNC(=O)c1ccc(Br)cc1)NC1CCCNC1. The van der Waals surface area contributed by atoms with Crippen molar-refractivity contribution >= 4 is 27.7 Å². The predicted octanol–water partition coefficient (Wildman–Crippen LogP) is 1.44. The van der Waals surface area contributed by atoms with Crippen molar-refractivity contribution in [1.29, 1.82) is 0 Å². The molecule has 1 atom stereocenters. The van der Waals surface area contributed by atoms with Crippen LogP contribution in [0.3, 0.4) is 0 Å². The molecular formula is C15H20BrN3O2. The number of carbonyl (C=O) groups excluding carboxylic acids is 2. The van der Waals surface area contributed by atoms with Gasteiger partial charge in [-0.1, -0.05) is 15.9 Å². The molecule has 1 saturated heterocycles. The van der Waals surface area contributed by atoms with E-state index in [1.165, 1.54) is 0 Å². The molecule has 0 saturated carbocycles. The van der Waals surface area contributed by atoms with Gasteiger partial charge in [-0.05, 0) is 43.7 Å². The molecule has 1 unspecified atom stereocenters. The second kappa shape index (κ2) is 8.14. The van der Waals surface area contributed by atoms with E-state index >= 15 is 0 Å². The van der Waals surface area contributed by atoms with Crippen LogP contribution >= 0.6 is 15.9 Å². The third-order valence-electron chi connectivity index (χ3n) is 3.41. The number of hydrogen-bond acceptors (Lipinski definition) is 3. The second-order valence-electron chi connectivity index (χ2n) is 5.12. The Bertz CT molecular complexity index is 484. The van der Waals surface area contributed by atoms with Crippen LogP contribution in [0.15, 0.2) is 28.7 Å². The minimum Gasteiger partial charge on any atom is -0.352 e. The maximum atomic E-state index is 11.9. The van der Waals surface area contributed by atoms with Gasteiger partial charge in [0.05, 0.1) is 0 Å². The maximum Gasteiger partial charge on any atom is 0.251 e. The van der Waals surface area contributed by atoms with Gasteiger partial charge in [-0.3, -0.25) is 9.59 Å². The van der Waals surface area contributed by atoms with Crippen LogP contribution < -0.4 is 16.0 Å². The minimum absolute atomic E-state index is 0.0141. The Morgan fingerprint density at radius 3 is 2.71 bits per heavy atom. The Labute approximate surface area is 133 Å². The first-order chi connectivity index (χ1) is 10.1. The van der Waals surface area contributed by atoms with Gasteiger partial charge in [-0.2, -0.15) is 0 Å². The summed E-state index contributed by atoms with van der Waals surface area (Å²) in [7, 11) is 0. The van der Waals surface area contributed by atoms with Crippen LogP contribution in [-0.2, 0) is 4.79 Å². The van der Waals surface area contributed by atoms with Gasteiger partial charge in [0.1, 0.15) is 0 Å². The van der Waals surface area contributed by atoms with Crippen LogP contribution in [-0.4, -0.2) is 37.5 Å². The molecule has 1 aliphatic heterocycles. The lowest BCUT2D eigenvalue weighted by molar-refractivity contribution is -0.121. The number of rotatable bonds is 5. The van der Waals surface area contributed by atoms with Gasteiger partial charge in [0, 0.05) is 35.6 Å². The average Bonchev–Trinajstić information content (AvgIpc) is 2.49. The molecule has 2 rings (SSSR count). The topological polar surface area (TPSA) is 70.2 Å². The van der Waals surface area contributed by atoms with Crippen LogP contribution in [0.2, 0.25) is 0 Å². The Balaban J connectivity index is 1.67. The Morgan fingerprint density at radius 1 is 1.29 bits per heavy atom. The molecule has 3 N–H and O–H groups in total. The van der Waals surface area contributed by atoms with Gasteiger partial charge in [-0.25, -0.2) is 0 Å². The highest BCUT2D eigenvalue weighted by atomic mass is 79.9. The van der Waals surface area contributed by atoms with Gasteiger partial charge in [0.2, 0.25) is 5.91 Å². The van der Waals surface area contributed by atoms with E-state index in [2.05, 4.69) is 31.9 Å². The molecule has 1 fully saturated rings. The molecule has 6 heteroatoms. The fourth-order valence-electron chi connectivity index (χ4n) is 2.27. The highest BCUT2D eigenvalue weighted by Gasteiger charge is 2.15. The van der Waals surface area contributed by atoms with Crippen molar-refractivity contribution in [2.24, 2.45) is 0 Å². The van der Waals surface area contributed by atoms with Crippen LogP contribution in [0.25, 0.3) is 0 Å². The van der Waals surface area contributed by atoms with E-state index in [0.717, 1.165) is 30.4 Å². The first kappa shape index (κ1) is 16.0. The van der Waals surface area contributed by atoms with Crippen molar-refractivity contribution < 1.29 is 9.59 Å². The van der Waals surface area contributed by atoms with Crippen LogP contribution in [0.4, 0.5) is 0 Å². The van der Waals surface area contributed by atoms with Crippen molar-refractivity contribution in [3.63, 3.8) is 0 Å². The minimum atomic E-state index is -0.158. The highest BCUT2D eigenvalue weighted by molar-refractivity contribution is 9.10. The number of carbonyl (C=O) groups is 2. The fraction of sp³-hybridized carbons (Fsp3) is 0.467. The summed E-state index contributed by atoms with van der Waals surface area (Å²) in [6.45, 7) is 2.20. The molecule has 5 nitrogen and oxygen atoms in total. The number of halogens is 1. The van der Waals surface area contributed by atoms with Gasteiger partial charge in [-0.15, -0.1) is 0 Å². The molecule has 1 aromatic rings. The van der Waals surface area contributed by atoms with Crippen LogP contribution in [0.1, 0.15) is 29.6 Å². The third-order valence-corrected chi connectivity index (χ3v) is 3.93. The van der Waals surface area contributed by atoms with E-state index in [4.69, 9.17) is 0 Å². The van der Waals surface area contributed by atoms with Crippen molar-refractivity contribution in [2.45, 2.75) is 25.3 Å². The number of benzene rings is 1. The monoisotopic (exact) mass is 353 g/mol. The first-order valence-electron chi connectivity index (χ1n) is 7.19. The molecule has 1 aliphatic rings. The average molecular weight is 354 g/mol. The first-order valence-corrected chi connectivity index (χ1v) is 7.98. The van der Waals surface area contributed by atoms with Crippen molar-refractivity contribution in [3.8, 4) is 0 Å². The van der Waals surface area contributed by atoms with E-state index in [-0.39, 0.29) is 17.9 Å². The summed E-state index contributed by atoms with van der Waals surface area (Å²) in [5.74, 6) is -0.172. The third kappa shape index (κ3) is 5.47. The molecule has 0 aromatic heterocycles. The van der Waals surface area contributed by atoms with E-state index in [9.17, 15) is 9.59 Å². The lowest BCUT2D eigenvalue weighted by Crippen LogP contribution is -2.46. The van der Waals surface area contributed by atoms with Crippen LogP contribution in [0, 0.1) is 0 Å². The predicted molar refractivity (Wildman–Crippen MR) is 85.1 cm³/mol. The number of piperidine rings is 1. The summed E-state index contributed by atoms with van der Waals surface area (Å²) in [5.41, 5.74) is 0.593. The summed E-state index contributed by atoms with van der Waals surface area (Å²) in [6.07, 6.45) is 2.41. The fourth-order valence-corrected chi connectivity index (χ4v) is 2.53. The number of nitrogens with one attached hydrogen (secondary N) is 3. The smallest absolute Gasteiger partial charge is 0.251 e. The van der Waals surface area contributed by atoms with E-state index in [0.29, 0.717) is 18.5 Å². The zero-order chi connectivity index (χ0) is 15.1. The van der Waals surface area contributed by atoms with Crippen LogP contribution in [0.5, 0.6) is 0 Å². The number of hydrogen-bond donors (Lipinski definition) is 3. The quantitative estimate of drug-likeness (QED) is 0.749. The lowest BCUT2D eigenvalue weighted by atomic mass is 10.1. The van der Waals surface area contributed by atoms with Crippen molar-refractivity contribution in [1.82, 2.24) is 16.0 Å². The standard InChI is InChI=1S/C15H20BrN3O2/c16-12-5-3-11(4-6-12)15(21)18-9-7-14(20)19-13-2-1-8-17-10-13/h3-6,13,17H,1-2,7-10H2,(H,18,21)(H,19,20). The summed E-state index contributed by atoms with van der Waals surface area (Å²) in [4.78, 5) is 23.6. The normalized spacial score (nSPS) is 18.0. The molecule has 21 heavy (non-hydrogen) atoms. The van der Waals surface area contributed by atoms with E-state index in [1.807, 2.05) is 12.1 Å².